The zero-order chi connectivity index (χ0) is 21.0. The predicted octanol–water partition coefficient (Wildman–Crippen LogP) is 0.791. The van der Waals surface area contributed by atoms with Crippen molar-refractivity contribution in [3.63, 3.8) is 0 Å². The van der Waals surface area contributed by atoms with E-state index in [2.05, 4.69) is 10.2 Å². The second-order valence-electron chi connectivity index (χ2n) is 9.04. The molecule has 0 aromatic heterocycles. The number of nitrogens with one attached hydrogen (secondary N) is 1. The van der Waals surface area contributed by atoms with Crippen LogP contribution in [0.3, 0.4) is 0 Å². The molecule has 5 aliphatic rings. The van der Waals surface area contributed by atoms with Crippen LogP contribution in [-0.4, -0.2) is 58.1 Å². The third-order valence-electron chi connectivity index (χ3n) is 7.48. The number of nitrogens with zero attached hydrogens (tertiary/aromatic N) is 2. The van der Waals surface area contributed by atoms with E-state index < -0.39 is 23.8 Å². The highest BCUT2D eigenvalue weighted by molar-refractivity contribution is 6.24. The molecule has 4 fully saturated rings. The van der Waals surface area contributed by atoms with Crippen LogP contribution >= 0.6 is 0 Å². The van der Waals surface area contributed by atoms with Gasteiger partial charge in [0.15, 0.2) is 0 Å². The van der Waals surface area contributed by atoms with Gasteiger partial charge in [0, 0.05) is 31.6 Å². The normalized spacial score (nSPS) is 31.3. The molecule has 3 N–H and O–H groups in total. The van der Waals surface area contributed by atoms with E-state index in [4.69, 9.17) is 5.73 Å². The Hall–Kier alpha value is -2.58. The first kappa shape index (κ1) is 19.4. The Balaban J connectivity index is 1.45. The van der Waals surface area contributed by atoms with Gasteiger partial charge in [-0.1, -0.05) is 12.1 Å². The molecule has 1 unspecified atom stereocenters. The topological polar surface area (TPSA) is 113 Å². The van der Waals surface area contributed by atoms with Crippen molar-refractivity contribution in [2.75, 3.05) is 13.1 Å². The molecule has 1 aromatic rings. The maximum atomic E-state index is 13.3. The fourth-order valence-corrected chi connectivity index (χ4v) is 5.71. The largest absolute Gasteiger partial charge is 0.329 e. The summed E-state index contributed by atoms with van der Waals surface area (Å²) in [5.41, 5.74) is 7.68. The molecule has 4 aliphatic heterocycles. The van der Waals surface area contributed by atoms with Crippen LogP contribution in [0, 0.1) is 5.92 Å². The van der Waals surface area contributed by atoms with E-state index in [1.54, 1.807) is 12.1 Å². The van der Waals surface area contributed by atoms with E-state index >= 15 is 0 Å². The Morgan fingerprint density at radius 1 is 1.07 bits per heavy atom. The highest BCUT2D eigenvalue weighted by Gasteiger charge is 2.48. The van der Waals surface area contributed by atoms with Crippen molar-refractivity contribution in [1.82, 2.24) is 15.1 Å². The molecule has 4 heterocycles. The van der Waals surface area contributed by atoms with Gasteiger partial charge < -0.3 is 5.73 Å². The molecule has 158 valence electrons. The smallest absolute Gasteiger partial charge is 0.262 e. The lowest BCUT2D eigenvalue weighted by Crippen LogP contribution is -2.61. The van der Waals surface area contributed by atoms with Crippen molar-refractivity contribution >= 4 is 23.6 Å². The predicted molar refractivity (Wildman–Crippen MR) is 107 cm³/mol. The summed E-state index contributed by atoms with van der Waals surface area (Å²) in [7, 11) is 0. The molecule has 8 nitrogen and oxygen atoms in total. The third kappa shape index (κ3) is 2.81. The summed E-state index contributed by atoms with van der Waals surface area (Å²) >= 11 is 0. The Labute approximate surface area is 174 Å². The van der Waals surface area contributed by atoms with Crippen LogP contribution in [0.1, 0.15) is 64.8 Å². The lowest BCUT2D eigenvalue weighted by molar-refractivity contribution is -0.136. The van der Waals surface area contributed by atoms with Gasteiger partial charge in [-0.2, -0.15) is 0 Å². The van der Waals surface area contributed by atoms with Crippen molar-refractivity contribution in [2.24, 2.45) is 11.7 Å². The maximum absolute atomic E-state index is 13.3. The molecule has 1 aliphatic carbocycles. The number of fused-ring (bicyclic) bond motifs is 4. The number of amides is 4. The third-order valence-corrected chi connectivity index (χ3v) is 7.48. The van der Waals surface area contributed by atoms with E-state index in [1.165, 1.54) is 12.8 Å². The van der Waals surface area contributed by atoms with Crippen molar-refractivity contribution in [3.05, 3.63) is 34.9 Å². The number of benzene rings is 1. The zero-order valence-electron chi connectivity index (χ0n) is 16.9. The van der Waals surface area contributed by atoms with Gasteiger partial charge >= 0.3 is 0 Å². The first-order valence-corrected chi connectivity index (χ1v) is 10.7. The average Bonchev–Trinajstić information content (AvgIpc) is 3.00. The minimum atomic E-state index is -0.940. The fourth-order valence-electron chi connectivity index (χ4n) is 5.71. The number of hydrogen-bond acceptors (Lipinski definition) is 6. The monoisotopic (exact) mass is 410 g/mol. The second-order valence-corrected chi connectivity index (χ2v) is 9.04. The van der Waals surface area contributed by atoms with E-state index in [9.17, 15) is 19.2 Å². The zero-order valence-corrected chi connectivity index (χ0v) is 16.9. The van der Waals surface area contributed by atoms with Crippen LogP contribution in [0.15, 0.2) is 18.2 Å². The summed E-state index contributed by atoms with van der Waals surface area (Å²) in [6, 6.07) is 4.39. The summed E-state index contributed by atoms with van der Waals surface area (Å²) in [6.07, 6.45) is 4.81. The number of hydrogen-bond donors (Lipinski definition) is 2. The Morgan fingerprint density at radius 3 is 2.53 bits per heavy atom. The molecular weight excluding hydrogens is 384 g/mol. The lowest BCUT2D eigenvalue weighted by atomic mass is 9.70. The minimum Gasteiger partial charge on any atom is -0.329 e. The van der Waals surface area contributed by atoms with Gasteiger partial charge in [-0.05, 0) is 49.7 Å². The van der Waals surface area contributed by atoms with Gasteiger partial charge in [-0.3, -0.25) is 34.3 Å². The quantitative estimate of drug-likeness (QED) is 0.710. The average molecular weight is 410 g/mol. The van der Waals surface area contributed by atoms with Gasteiger partial charge in [-0.25, -0.2) is 0 Å². The first-order chi connectivity index (χ1) is 14.4. The van der Waals surface area contributed by atoms with Crippen molar-refractivity contribution < 1.29 is 19.2 Å². The van der Waals surface area contributed by atoms with E-state index in [1.807, 2.05) is 6.07 Å². The number of nitrogens with two attached hydrogens (primary N) is 1. The van der Waals surface area contributed by atoms with Gasteiger partial charge in [-0.15, -0.1) is 0 Å². The molecular formula is C22H26N4O4. The van der Waals surface area contributed by atoms with Crippen LogP contribution in [0.2, 0.25) is 0 Å². The number of carbonyl (C=O) groups is 4. The lowest BCUT2D eigenvalue weighted by Gasteiger charge is -2.54. The molecule has 4 amide bonds. The van der Waals surface area contributed by atoms with E-state index in [0.29, 0.717) is 30.1 Å². The number of rotatable bonds is 4. The van der Waals surface area contributed by atoms with Crippen LogP contribution in [-0.2, 0) is 16.1 Å². The highest BCUT2D eigenvalue weighted by atomic mass is 16.2. The Bertz CT molecular complexity index is 950. The second kappa shape index (κ2) is 6.99. The molecule has 6 rings (SSSR count). The minimum absolute atomic E-state index is 0.0353. The van der Waals surface area contributed by atoms with Gasteiger partial charge in [0.25, 0.3) is 11.8 Å². The molecule has 0 spiro atoms. The standard InChI is InChI=1S/C22H26N4O4/c23-12-22-8-6-13(7-9-22)10-25(22)11-14-2-1-3-15-18(14)21(30)26(20(15)29)16-4-5-17(27)24-19(16)28/h1-3,13,16H,4-12,23H2,(H,24,27,28). The summed E-state index contributed by atoms with van der Waals surface area (Å²) in [5.74, 6) is -1.20. The van der Waals surface area contributed by atoms with Gasteiger partial charge in [0.1, 0.15) is 6.04 Å². The molecule has 3 saturated heterocycles. The van der Waals surface area contributed by atoms with Crippen LogP contribution < -0.4 is 11.1 Å². The SMILES string of the molecule is NCC12CCC(CC1)CN2Cc1cccc2c1C(=O)N(C1CCC(=O)NC1=O)C2=O. The van der Waals surface area contributed by atoms with Crippen molar-refractivity contribution in [2.45, 2.75) is 56.7 Å². The van der Waals surface area contributed by atoms with Crippen LogP contribution in [0.4, 0.5) is 0 Å². The van der Waals surface area contributed by atoms with Crippen LogP contribution in [0.25, 0.3) is 0 Å². The summed E-state index contributed by atoms with van der Waals surface area (Å²) in [4.78, 5) is 53.5. The molecule has 1 aromatic carbocycles. The number of piperidine rings is 3. The molecule has 8 heteroatoms. The summed E-state index contributed by atoms with van der Waals surface area (Å²) < 4.78 is 0. The molecule has 1 saturated carbocycles. The molecule has 30 heavy (non-hydrogen) atoms. The van der Waals surface area contributed by atoms with E-state index in [-0.39, 0.29) is 24.3 Å². The number of carbonyl (C=O) groups excluding carboxylic acids is 4. The Morgan fingerprint density at radius 2 is 1.83 bits per heavy atom. The number of imide groups is 2. The molecule has 1 atom stereocenters. The molecule has 0 radical (unpaired) electrons. The van der Waals surface area contributed by atoms with Gasteiger partial charge in [0.2, 0.25) is 11.8 Å². The van der Waals surface area contributed by atoms with E-state index in [0.717, 1.165) is 29.8 Å². The first-order valence-electron chi connectivity index (χ1n) is 10.7. The maximum Gasteiger partial charge on any atom is 0.262 e. The Kier molecular flexibility index (Phi) is 4.52. The van der Waals surface area contributed by atoms with Crippen LogP contribution in [0.5, 0.6) is 0 Å². The summed E-state index contributed by atoms with van der Waals surface area (Å²) in [5, 5.41) is 2.24. The fraction of sp³-hybridized carbons (Fsp3) is 0.545. The molecule has 2 bridgehead atoms. The van der Waals surface area contributed by atoms with Gasteiger partial charge in [0.05, 0.1) is 11.1 Å². The highest BCUT2D eigenvalue weighted by Crippen LogP contribution is 2.43. The van der Waals surface area contributed by atoms with Crippen molar-refractivity contribution in [3.8, 4) is 0 Å². The van der Waals surface area contributed by atoms with Crippen molar-refractivity contribution in [1.29, 1.82) is 0 Å². The summed E-state index contributed by atoms with van der Waals surface area (Å²) in [6.45, 7) is 2.11.